The smallest absolute Gasteiger partial charge is 0.238 e. The van der Waals surface area contributed by atoms with Crippen molar-refractivity contribution in [1.82, 2.24) is 0 Å². The molecule has 2 amide bonds. The Kier molecular flexibility index (Phi) is 6.14. The second-order valence-corrected chi connectivity index (χ2v) is 10.9. The Labute approximate surface area is 232 Å². The van der Waals surface area contributed by atoms with Crippen LogP contribution in [0.2, 0.25) is 0 Å². The zero-order chi connectivity index (χ0) is 28.3. The minimum Gasteiger partial charge on any atom is -0.507 e. The quantitative estimate of drug-likeness (QED) is 0.317. The number of phenolic OH excluding ortho intramolecular Hbond substituents is 1. The van der Waals surface area contributed by atoms with Crippen LogP contribution in [0, 0.1) is 17.8 Å². The Morgan fingerprint density at radius 2 is 1.75 bits per heavy atom. The van der Waals surface area contributed by atoms with E-state index in [2.05, 4.69) is 13.2 Å². The van der Waals surface area contributed by atoms with Gasteiger partial charge in [0.05, 0.1) is 17.5 Å². The van der Waals surface area contributed by atoms with Crippen molar-refractivity contribution >= 4 is 35.1 Å². The van der Waals surface area contributed by atoms with Crippen LogP contribution in [0.25, 0.3) is 6.08 Å². The molecule has 6 nitrogen and oxygen atoms in total. The Hall–Kier alpha value is -4.58. The van der Waals surface area contributed by atoms with Crippen LogP contribution in [0.5, 0.6) is 5.75 Å². The second kappa shape index (κ2) is 9.56. The van der Waals surface area contributed by atoms with Crippen molar-refractivity contribution in [3.8, 4) is 5.75 Å². The number of imide groups is 1. The molecule has 1 aliphatic heterocycles. The maximum atomic E-state index is 14.0. The van der Waals surface area contributed by atoms with Crippen molar-refractivity contribution < 1.29 is 24.3 Å². The first kappa shape index (κ1) is 25.7. The summed E-state index contributed by atoms with van der Waals surface area (Å²) in [6.45, 7) is 9.16. The van der Waals surface area contributed by atoms with Gasteiger partial charge in [-0.2, -0.15) is 0 Å². The molecule has 3 aliphatic carbocycles. The summed E-state index contributed by atoms with van der Waals surface area (Å²) in [4.78, 5) is 55.8. The summed E-state index contributed by atoms with van der Waals surface area (Å²) in [6.07, 6.45) is 7.68. The van der Waals surface area contributed by atoms with Crippen molar-refractivity contribution in [2.24, 2.45) is 17.8 Å². The monoisotopic (exact) mass is 531 g/mol. The number of para-hydroxylation sites is 1. The fraction of sp³-hybridized carbons (Fsp3) is 0.235. The number of amides is 2. The minimum absolute atomic E-state index is 0.0483. The van der Waals surface area contributed by atoms with Crippen LogP contribution in [0.1, 0.15) is 42.4 Å². The van der Waals surface area contributed by atoms with Crippen molar-refractivity contribution in [3.05, 3.63) is 113 Å². The molecule has 0 spiro atoms. The van der Waals surface area contributed by atoms with Gasteiger partial charge in [-0.15, -0.1) is 6.58 Å². The molecular formula is C34H29NO5. The molecule has 2 aromatic rings. The summed E-state index contributed by atoms with van der Waals surface area (Å²) in [7, 11) is 0. The molecule has 1 N–H and O–H groups in total. The molecule has 1 heterocycles. The predicted octanol–water partition coefficient (Wildman–Crippen LogP) is 5.40. The number of ketones is 2. The van der Waals surface area contributed by atoms with Gasteiger partial charge >= 0.3 is 0 Å². The van der Waals surface area contributed by atoms with Crippen molar-refractivity contribution in [1.29, 1.82) is 0 Å². The largest absolute Gasteiger partial charge is 0.507 e. The number of fused-ring (bicyclic) bond motifs is 3. The van der Waals surface area contributed by atoms with Gasteiger partial charge in [0.25, 0.3) is 0 Å². The third-order valence-corrected chi connectivity index (χ3v) is 8.78. The number of rotatable bonds is 5. The SMILES string of the molecule is C=CCc1cccc(C2C3=CCC4C(=O)N(c5ccc(C=C)cc5)C(=O)C4C3CC3=C2C(=O)C=C(C)C3=O)c1O. The van der Waals surface area contributed by atoms with E-state index < -0.39 is 23.7 Å². The van der Waals surface area contributed by atoms with Gasteiger partial charge in [0.1, 0.15) is 5.75 Å². The summed E-state index contributed by atoms with van der Waals surface area (Å²) in [5.41, 5.74) is 4.45. The molecule has 40 heavy (non-hydrogen) atoms. The van der Waals surface area contributed by atoms with Crippen LogP contribution in [0.4, 0.5) is 5.69 Å². The van der Waals surface area contributed by atoms with Crippen molar-refractivity contribution in [3.63, 3.8) is 0 Å². The van der Waals surface area contributed by atoms with E-state index in [4.69, 9.17) is 0 Å². The molecule has 0 radical (unpaired) electrons. The number of allylic oxidation sites excluding steroid dienone is 7. The Morgan fingerprint density at radius 1 is 1.00 bits per heavy atom. The number of Topliss-reactive ketones (excluding diaryl/α,β-unsaturated/α-hetero) is 1. The zero-order valence-electron chi connectivity index (χ0n) is 22.2. The highest BCUT2D eigenvalue weighted by Gasteiger charge is 2.56. The lowest BCUT2D eigenvalue weighted by atomic mass is 9.59. The van der Waals surface area contributed by atoms with Crippen LogP contribution in [0.15, 0.2) is 96.1 Å². The Bertz CT molecular complexity index is 1620. The molecule has 0 bridgehead atoms. The van der Waals surface area contributed by atoms with E-state index in [9.17, 15) is 24.3 Å². The van der Waals surface area contributed by atoms with Gasteiger partial charge in [-0.05, 0) is 61.4 Å². The average molecular weight is 532 g/mol. The first-order valence-electron chi connectivity index (χ1n) is 13.5. The number of anilines is 1. The summed E-state index contributed by atoms with van der Waals surface area (Å²) in [6, 6.07) is 12.5. The topological polar surface area (TPSA) is 91.8 Å². The van der Waals surface area contributed by atoms with Gasteiger partial charge in [0, 0.05) is 28.2 Å². The van der Waals surface area contributed by atoms with Gasteiger partial charge in [-0.25, -0.2) is 0 Å². The Morgan fingerprint density at radius 3 is 2.45 bits per heavy atom. The molecule has 4 unspecified atom stereocenters. The van der Waals surface area contributed by atoms with E-state index in [0.29, 0.717) is 46.4 Å². The third-order valence-electron chi connectivity index (χ3n) is 8.78. The maximum absolute atomic E-state index is 14.0. The number of carbonyl (C=O) groups is 4. The molecule has 4 aliphatic rings. The molecule has 200 valence electrons. The van der Waals surface area contributed by atoms with Gasteiger partial charge in [-0.3, -0.25) is 24.1 Å². The Balaban J connectivity index is 1.49. The fourth-order valence-corrected chi connectivity index (χ4v) is 6.92. The van der Waals surface area contributed by atoms with Crippen LogP contribution in [-0.4, -0.2) is 28.5 Å². The molecule has 0 aromatic heterocycles. The number of carbonyl (C=O) groups excluding carboxylic acids is 4. The van der Waals surface area contributed by atoms with Gasteiger partial charge in [-0.1, -0.05) is 60.7 Å². The summed E-state index contributed by atoms with van der Waals surface area (Å²) >= 11 is 0. The van der Waals surface area contributed by atoms with Crippen LogP contribution in [0.3, 0.4) is 0 Å². The molecule has 1 saturated heterocycles. The highest BCUT2D eigenvalue weighted by Crippen LogP contribution is 2.56. The summed E-state index contributed by atoms with van der Waals surface area (Å²) in [5, 5.41) is 11.3. The fourth-order valence-electron chi connectivity index (χ4n) is 6.92. The minimum atomic E-state index is -0.691. The number of benzene rings is 2. The van der Waals surface area contributed by atoms with E-state index in [0.717, 1.165) is 11.1 Å². The van der Waals surface area contributed by atoms with E-state index in [1.165, 1.54) is 11.0 Å². The first-order valence-corrected chi connectivity index (χ1v) is 13.5. The highest BCUT2D eigenvalue weighted by atomic mass is 16.3. The van der Waals surface area contributed by atoms with Crippen molar-refractivity contribution in [2.45, 2.75) is 32.1 Å². The molecule has 6 heteroatoms. The number of nitrogens with zero attached hydrogens (tertiary/aromatic N) is 1. The highest BCUT2D eigenvalue weighted by molar-refractivity contribution is 6.25. The third kappa shape index (κ3) is 3.70. The lowest BCUT2D eigenvalue weighted by Gasteiger charge is -2.42. The number of aromatic hydroxyl groups is 1. The van der Waals surface area contributed by atoms with E-state index >= 15 is 0 Å². The standard InChI is InChI=1S/C34H29NO5/c1-4-7-20-8-6-9-23(32(20)38)28-22-14-15-24-29(25(22)17-26-30(28)27(36)16-18(3)31(26)37)34(40)35(33(24)39)21-12-10-19(5-2)11-13-21/h4-6,8-14,16,24-25,28-29,38H,1-2,7,15,17H2,3H3. The normalized spacial score (nSPS) is 25.7. The molecule has 0 saturated carbocycles. The van der Waals surface area contributed by atoms with Gasteiger partial charge in [0.2, 0.25) is 11.8 Å². The van der Waals surface area contributed by atoms with Gasteiger partial charge in [0.15, 0.2) is 11.6 Å². The predicted molar refractivity (Wildman–Crippen MR) is 152 cm³/mol. The number of phenols is 1. The molecule has 6 rings (SSSR count). The number of hydrogen-bond donors (Lipinski definition) is 1. The maximum Gasteiger partial charge on any atom is 0.238 e. The van der Waals surface area contributed by atoms with Crippen LogP contribution in [-0.2, 0) is 25.6 Å². The summed E-state index contributed by atoms with van der Waals surface area (Å²) in [5.74, 6) is -3.37. The van der Waals surface area contributed by atoms with E-state index in [1.54, 1.807) is 43.3 Å². The lowest BCUT2D eigenvalue weighted by molar-refractivity contribution is -0.123. The molecule has 1 fully saturated rings. The summed E-state index contributed by atoms with van der Waals surface area (Å²) < 4.78 is 0. The molecular weight excluding hydrogens is 502 g/mol. The van der Waals surface area contributed by atoms with Gasteiger partial charge < -0.3 is 5.11 Å². The van der Waals surface area contributed by atoms with Crippen LogP contribution >= 0.6 is 0 Å². The number of hydrogen-bond acceptors (Lipinski definition) is 5. The molecule has 4 atom stereocenters. The lowest BCUT2D eigenvalue weighted by Crippen LogP contribution is -2.39. The average Bonchev–Trinajstić information content (AvgIpc) is 3.21. The van der Waals surface area contributed by atoms with Crippen LogP contribution < -0.4 is 4.90 Å². The second-order valence-electron chi connectivity index (χ2n) is 10.9. The van der Waals surface area contributed by atoms with E-state index in [-0.39, 0.29) is 35.6 Å². The van der Waals surface area contributed by atoms with E-state index in [1.807, 2.05) is 24.3 Å². The zero-order valence-corrected chi connectivity index (χ0v) is 22.2. The molecule has 2 aromatic carbocycles. The van der Waals surface area contributed by atoms with Crippen molar-refractivity contribution in [2.75, 3.05) is 4.90 Å². The first-order chi connectivity index (χ1) is 19.3.